The summed E-state index contributed by atoms with van der Waals surface area (Å²) in [6.07, 6.45) is 3.54. The quantitative estimate of drug-likeness (QED) is 0.905. The molecule has 19 heavy (non-hydrogen) atoms. The molecule has 0 atom stereocenters. The standard InChI is InChI=1S/C14H14F2N2O/c15-11-2-1-10(7-12(11)16)13-8-18-14(19-13)9-3-5-17-6-4-9/h1-2,7-9,17H,3-6H2. The van der Waals surface area contributed by atoms with Gasteiger partial charge in [-0.25, -0.2) is 13.8 Å². The maximum absolute atomic E-state index is 13.2. The van der Waals surface area contributed by atoms with Gasteiger partial charge in [-0.3, -0.25) is 0 Å². The molecule has 5 heteroatoms. The van der Waals surface area contributed by atoms with Crippen molar-refractivity contribution in [2.75, 3.05) is 13.1 Å². The van der Waals surface area contributed by atoms with Crippen molar-refractivity contribution in [2.45, 2.75) is 18.8 Å². The number of hydrogen-bond acceptors (Lipinski definition) is 3. The van der Waals surface area contributed by atoms with Crippen LogP contribution in [0.3, 0.4) is 0 Å². The van der Waals surface area contributed by atoms with Crippen molar-refractivity contribution in [3.8, 4) is 11.3 Å². The normalized spacial score (nSPS) is 16.7. The summed E-state index contributed by atoms with van der Waals surface area (Å²) in [4.78, 5) is 4.26. The summed E-state index contributed by atoms with van der Waals surface area (Å²) < 4.78 is 31.7. The van der Waals surface area contributed by atoms with E-state index in [-0.39, 0.29) is 0 Å². The molecule has 0 spiro atoms. The molecule has 1 aromatic heterocycles. The molecule has 100 valence electrons. The number of halogens is 2. The third kappa shape index (κ3) is 2.51. The van der Waals surface area contributed by atoms with Crippen LogP contribution in [-0.2, 0) is 0 Å². The third-order valence-electron chi connectivity index (χ3n) is 3.42. The molecule has 0 unspecified atom stereocenters. The lowest BCUT2D eigenvalue weighted by Gasteiger charge is -2.19. The van der Waals surface area contributed by atoms with E-state index in [1.165, 1.54) is 6.07 Å². The average molecular weight is 264 g/mol. The number of aromatic nitrogens is 1. The van der Waals surface area contributed by atoms with E-state index in [0.29, 0.717) is 23.1 Å². The predicted octanol–water partition coefficient (Wildman–Crippen LogP) is 3.09. The van der Waals surface area contributed by atoms with Crippen LogP contribution in [0.5, 0.6) is 0 Å². The van der Waals surface area contributed by atoms with Crippen molar-refractivity contribution in [1.29, 1.82) is 0 Å². The lowest BCUT2D eigenvalue weighted by Crippen LogP contribution is -2.26. The van der Waals surface area contributed by atoms with Crippen molar-refractivity contribution < 1.29 is 13.2 Å². The van der Waals surface area contributed by atoms with Gasteiger partial charge in [0.05, 0.1) is 6.20 Å². The summed E-state index contributed by atoms with van der Waals surface area (Å²) in [5.74, 6) is -0.270. The Kier molecular flexibility index (Phi) is 3.29. The predicted molar refractivity (Wildman–Crippen MR) is 66.7 cm³/mol. The molecule has 1 aliphatic rings. The fourth-order valence-electron chi connectivity index (χ4n) is 2.33. The second kappa shape index (κ2) is 5.09. The number of benzene rings is 1. The van der Waals surface area contributed by atoms with Gasteiger partial charge in [0.15, 0.2) is 23.3 Å². The SMILES string of the molecule is Fc1ccc(-c2cnc(C3CCNCC3)o2)cc1F. The highest BCUT2D eigenvalue weighted by Gasteiger charge is 2.20. The van der Waals surface area contributed by atoms with Crippen LogP contribution in [0.1, 0.15) is 24.7 Å². The summed E-state index contributed by atoms with van der Waals surface area (Å²) in [7, 11) is 0. The fourth-order valence-corrected chi connectivity index (χ4v) is 2.33. The highest BCUT2D eigenvalue weighted by molar-refractivity contribution is 5.56. The highest BCUT2D eigenvalue weighted by atomic mass is 19.2. The largest absolute Gasteiger partial charge is 0.440 e. The molecule has 0 saturated carbocycles. The Hall–Kier alpha value is -1.75. The number of hydrogen-bond donors (Lipinski definition) is 1. The van der Waals surface area contributed by atoms with Gasteiger partial charge >= 0.3 is 0 Å². The van der Waals surface area contributed by atoms with Gasteiger partial charge < -0.3 is 9.73 Å². The summed E-state index contributed by atoms with van der Waals surface area (Å²) >= 11 is 0. The molecule has 0 bridgehead atoms. The number of nitrogens with zero attached hydrogens (tertiary/aromatic N) is 1. The van der Waals surface area contributed by atoms with E-state index < -0.39 is 11.6 Å². The molecule has 0 amide bonds. The maximum Gasteiger partial charge on any atom is 0.198 e. The van der Waals surface area contributed by atoms with Crippen LogP contribution in [-0.4, -0.2) is 18.1 Å². The van der Waals surface area contributed by atoms with Gasteiger partial charge in [-0.2, -0.15) is 0 Å². The molecule has 2 heterocycles. The molecule has 1 aliphatic heterocycles. The Bertz CT molecular complexity index is 577. The zero-order chi connectivity index (χ0) is 13.2. The molecule has 0 aliphatic carbocycles. The molecule has 1 N–H and O–H groups in total. The second-order valence-electron chi connectivity index (χ2n) is 4.72. The van der Waals surface area contributed by atoms with Crippen molar-refractivity contribution in [2.24, 2.45) is 0 Å². The Balaban J connectivity index is 1.85. The van der Waals surface area contributed by atoms with Gasteiger partial charge in [0, 0.05) is 11.5 Å². The molecule has 1 saturated heterocycles. The Morgan fingerprint density at radius 3 is 2.68 bits per heavy atom. The zero-order valence-electron chi connectivity index (χ0n) is 10.3. The summed E-state index contributed by atoms with van der Waals surface area (Å²) in [5, 5.41) is 3.28. The molecule has 3 rings (SSSR count). The first-order chi connectivity index (χ1) is 9.24. The Labute approximate surface area is 109 Å². The van der Waals surface area contributed by atoms with Crippen LogP contribution in [0.25, 0.3) is 11.3 Å². The van der Waals surface area contributed by atoms with Gasteiger partial charge in [0.2, 0.25) is 0 Å². The number of oxazole rings is 1. The maximum atomic E-state index is 13.2. The molecule has 2 aromatic rings. The van der Waals surface area contributed by atoms with Crippen LogP contribution in [0.4, 0.5) is 8.78 Å². The molecule has 1 aromatic carbocycles. The molecule has 3 nitrogen and oxygen atoms in total. The van der Waals surface area contributed by atoms with Crippen LogP contribution in [0.2, 0.25) is 0 Å². The van der Waals surface area contributed by atoms with Crippen molar-refractivity contribution in [1.82, 2.24) is 10.3 Å². The van der Waals surface area contributed by atoms with Crippen LogP contribution in [0.15, 0.2) is 28.8 Å². The van der Waals surface area contributed by atoms with Gasteiger partial charge in [-0.15, -0.1) is 0 Å². The van der Waals surface area contributed by atoms with Gasteiger partial charge in [-0.1, -0.05) is 0 Å². The highest BCUT2D eigenvalue weighted by Crippen LogP contribution is 2.29. The smallest absolute Gasteiger partial charge is 0.198 e. The lowest BCUT2D eigenvalue weighted by molar-refractivity contribution is 0.378. The first kappa shape index (κ1) is 12.3. The van der Waals surface area contributed by atoms with Crippen LogP contribution >= 0.6 is 0 Å². The van der Waals surface area contributed by atoms with E-state index in [9.17, 15) is 8.78 Å². The summed E-state index contributed by atoms with van der Waals surface area (Å²) in [6, 6.07) is 3.71. The second-order valence-corrected chi connectivity index (χ2v) is 4.72. The number of rotatable bonds is 2. The summed E-state index contributed by atoms with van der Waals surface area (Å²) in [6.45, 7) is 1.90. The van der Waals surface area contributed by atoms with E-state index in [2.05, 4.69) is 10.3 Å². The minimum atomic E-state index is -0.877. The molecular formula is C14H14F2N2O. The van der Waals surface area contributed by atoms with Crippen LogP contribution in [0, 0.1) is 11.6 Å². The minimum absolute atomic E-state index is 0.306. The average Bonchev–Trinajstić information content (AvgIpc) is 2.93. The van der Waals surface area contributed by atoms with E-state index in [0.717, 1.165) is 38.1 Å². The van der Waals surface area contributed by atoms with E-state index in [4.69, 9.17) is 4.42 Å². The topological polar surface area (TPSA) is 38.1 Å². The molecule has 0 radical (unpaired) electrons. The number of piperidine rings is 1. The molecule has 1 fully saturated rings. The zero-order valence-corrected chi connectivity index (χ0v) is 10.3. The van der Waals surface area contributed by atoms with E-state index in [1.54, 1.807) is 6.20 Å². The van der Waals surface area contributed by atoms with E-state index in [1.807, 2.05) is 0 Å². The number of nitrogens with one attached hydrogen (secondary N) is 1. The lowest BCUT2D eigenvalue weighted by atomic mass is 9.98. The fraction of sp³-hybridized carbons (Fsp3) is 0.357. The van der Waals surface area contributed by atoms with Gasteiger partial charge in [-0.05, 0) is 44.1 Å². The Morgan fingerprint density at radius 2 is 1.95 bits per heavy atom. The first-order valence-electron chi connectivity index (χ1n) is 6.36. The van der Waals surface area contributed by atoms with E-state index >= 15 is 0 Å². The minimum Gasteiger partial charge on any atom is -0.440 e. The monoisotopic (exact) mass is 264 g/mol. The first-order valence-corrected chi connectivity index (χ1v) is 6.36. The molecular weight excluding hydrogens is 250 g/mol. The van der Waals surface area contributed by atoms with Crippen LogP contribution < -0.4 is 5.32 Å². The van der Waals surface area contributed by atoms with Gasteiger partial charge in [0.25, 0.3) is 0 Å². The Morgan fingerprint density at radius 1 is 1.16 bits per heavy atom. The summed E-state index contributed by atoms with van der Waals surface area (Å²) in [5.41, 5.74) is 0.506. The van der Waals surface area contributed by atoms with Crippen molar-refractivity contribution >= 4 is 0 Å². The van der Waals surface area contributed by atoms with Crippen molar-refractivity contribution in [3.05, 3.63) is 41.9 Å². The van der Waals surface area contributed by atoms with Crippen molar-refractivity contribution in [3.63, 3.8) is 0 Å². The van der Waals surface area contributed by atoms with Gasteiger partial charge in [0.1, 0.15) is 0 Å². The third-order valence-corrected chi connectivity index (χ3v) is 3.42.